The van der Waals surface area contributed by atoms with Crippen LogP contribution in [-0.2, 0) is 0 Å². The Hall–Kier alpha value is -0.260. The molecule has 0 bridgehead atoms. The Labute approximate surface area is 78.1 Å². The van der Waals surface area contributed by atoms with E-state index in [2.05, 4.69) is 19.9 Å². The summed E-state index contributed by atoms with van der Waals surface area (Å²) in [5.41, 5.74) is 0. The van der Waals surface area contributed by atoms with Gasteiger partial charge in [-0.15, -0.1) is 0 Å². The van der Waals surface area contributed by atoms with Crippen LogP contribution in [0.5, 0.6) is 0 Å². The van der Waals surface area contributed by atoms with Crippen LogP contribution >= 0.6 is 0 Å². The van der Waals surface area contributed by atoms with E-state index >= 15 is 0 Å². The van der Waals surface area contributed by atoms with E-state index in [0.717, 1.165) is 0 Å². The molecule has 0 rings (SSSR count). The topological polar surface area (TPSA) is 0 Å². The first kappa shape index (κ1) is 11.7. The van der Waals surface area contributed by atoms with E-state index in [1.165, 1.54) is 44.9 Å². The van der Waals surface area contributed by atoms with Gasteiger partial charge in [0.2, 0.25) is 0 Å². The third-order valence-corrected chi connectivity index (χ3v) is 2.00. The number of rotatable bonds is 8. The van der Waals surface area contributed by atoms with Crippen LogP contribution in [0.15, 0.2) is 12.2 Å². The first-order chi connectivity index (χ1) is 5.91. The zero-order valence-corrected chi connectivity index (χ0v) is 8.39. The molecule has 0 heteroatoms. The van der Waals surface area contributed by atoms with Gasteiger partial charge in [-0.3, -0.25) is 0 Å². The van der Waals surface area contributed by atoms with Gasteiger partial charge in [0, 0.05) is 0 Å². The van der Waals surface area contributed by atoms with Crippen LogP contribution in [0.3, 0.4) is 0 Å². The van der Waals surface area contributed by atoms with Gasteiger partial charge in [0.15, 0.2) is 0 Å². The summed E-state index contributed by atoms with van der Waals surface area (Å²) >= 11 is 0. The molecule has 0 fully saturated rings. The highest BCUT2D eigenvalue weighted by atomic mass is 13.9. The average Bonchev–Trinajstić information content (AvgIpc) is 2.10. The van der Waals surface area contributed by atoms with Crippen LogP contribution in [0.2, 0.25) is 0 Å². The smallest absolute Gasteiger partial charge is 0.0170 e. The molecule has 0 amide bonds. The van der Waals surface area contributed by atoms with Gasteiger partial charge >= 0.3 is 0 Å². The van der Waals surface area contributed by atoms with Crippen LogP contribution in [0.4, 0.5) is 0 Å². The molecule has 0 saturated carbocycles. The Balaban J connectivity index is 2.86. The predicted molar refractivity (Wildman–Crippen MR) is 56.8 cm³/mol. The molecule has 0 aliphatic carbocycles. The highest BCUT2D eigenvalue weighted by Crippen LogP contribution is 2.06. The van der Waals surface area contributed by atoms with Gasteiger partial charge in [-0.05, 0) is 26.2 Å². The van der Waals surface area contributed by atoms with E-state index in [9.17, 15) is 0 Å². The summed E-state index contributed by atoms with van der Waals surface area (Å²) < 4.78 is 0. The highest BCUT2D eigenvalue weighted by molar-refractivity contribution is 4.95. The van der Waals surface area contributed by atoms with Crippen molar-refractivity contribution in [3.8, 4) is 0 Å². The lowest BCUT2D eigenvalue weighted by Crippen LogP contribution is -1.77. The first-order valence-corrected chi connectivity index (χ1v) is 5.19. The maximum atomic E-state index is 3.63. The molecule has 0 saturated heterocycles. The van der Waals surface area contributed by atoms with Crippen LogP contribution in [-0.4, -0.2) is 0 Å². The summed E-state index contributed by atoms with van der Waals surface area (Å²) in [6.07, 6.45) is 15.6. The molecule has 0 nitrogen and oxygen atoms in total. The lowest BCUT2D eigenvalue weighted by molar-refractivity contribution is 0.611. The standard InChI is InChI=1S/C12H22/c1-3-5-7-9-11-12-10-8-6-4-2/h3,5,7H,1,4,6,8-12H2,2H3/b7-5+. The zero-order chi connectivity index (χ0) is 9.07. The summed E-state index contributed by atoms with van der Waals surface area (Å²) in [4.78, 5) is 0. The van der Waals surface area contributed by atoms with Crippen molar-refractivity contribution in [2.45, 2.75) is 51.9 Å². The van der Waals surface area contributed by atoms with E-state index in [-0.39, 0.29) is 0 Å². The second-order valence-corrected chi connectivity index (χ2v) is 3.22. The summed E-state index contributed by atoms with van der Waals surface area (Å²) in [6, 6.07) is 0. The van der Waals surface area contributed by atoms with Crippen LogP contribution in [0.25, 0.3) is 0 Å². The summed E-state index contributed by atoms with van der Waals surface area (Å²) in [7, 11) is 0. The molecule has 0 aromatic heterocycles. The monoisotopic (exact) mass is 166 g/mol. The van der Waals surface area contributed by atoms with Crippen LogP contribution in [0.1, 0.15) is 51.9 Å². The molecule has 0 unspecified atom stereocenters. The van der Waals surface area contributed by atoms with Gasteiger partial charge in [0.05, 0.1) is 0 Å². The average molecular weight is 166 g/mol. The van der Waals surface area contributed by atoms with Gasteiger partial charge in [-0.1, -0.05) is 51.2 Å². The zero-order valence-electron chi connectivity index (χ0n) is 8.39. The SMILES string of the molecule is [CH2][CH]/C=C/CCCCCCCC. The Morgan fingerprint density at radius 3 is 2.33 bits per heavy atom. The molecule has 0 aliphatic rings. The van der Waals surface area contributed by atoms with E-state index in [4.69, 9.17) is 0 Å². The second-order valence-electron chi connectivity index (χ2n) is 3.22. The van der Waals surface area contributed by atoms with Gasteiger partial charge in [0.1, 0.15) is 0 Å². The van der Waals surface area contributed by atoms with Gasteiger partial charge in [-0.2, -0.15) is 0 Å². The Morgan fingerprint density at radius 1 is 1.00 bits per heavy atom. The molecule has 0 spiro atoms. The van der Waals surface area contributed by atoms with E-state index in [0.29, 0.717) is 0 Å². The van der Waals surface area contributed by atoms with E-state index < -0.39 is 0 Å². The second kappa shape index (κ2) is 10.7. The Morgan fingerprint density at radius 2 is 1.67 bits per heavy atom. The Kier molecular flexibility index (Phi) is 10.5. The molecule has 0 heterocycles. The molecular formula is C12H22. The molecule has 0 atom stereocenters. The molecule has 0 aliphatic heterocycles. The van der Waals surface area contributed by atoms with Crippen molar-refractivity contribution in [2.24, 2.45) is 0 Å². The fourth-order valence-electron chi connectivity index (χ4n) is 1.23. The molecule has 0 aromatic carbocycles. The fourth-order valence-corrected chi connectivity index (χ4v) is 1.23. The Bertz CT molecular complexity index is 92.2. The maximum absolute atomic E-state index is 3.63. The molecule has 70 valence electrons. The third-order valence-electron chi connectivity index (χ3n) is 2.00. The highest BCUT2D eigenvalue weighted by Gasteiger charge is 1.87. The molecular weight excluding hydrogens is 144 g/mol. The van der Waals surface area contributed by atoms with Crippen molar-refractivity contribution < 1.29 is 0 Å². The molecule has 0 aromatic rings. The first-order valence-electron chi connectivity index (χ1n) is 5.19. The van der Waals surface area contributed by atoms with Crippen molar-refractivity contribution in [1.82, 2.24) is 0 Å². The van der Waals surface area contributed by atoms with Crippen molar-refractivity contribution in [2.75, 3.05) is 0 Å². The lowest BCUT2D eigenvalue weighted by Gasteiger charge is -1.97. The minimum atomic E-state index is 1.22. The summed E-state index contributed by atoms with van der Waals surface area (Å²) in [6.45, 7) is 5.89. The van der Waals surface area contributed by atoms with Crippen molar-refractivity contribution in [3.63, 3.8) is 0 Å². The van der Waals surface area contributed by atoms with Crippen molar-refractivity contribution in [3.05, 3.63) is 25.5 Å². The van der Waals surface area contributed by atoms with Crippen molar-refractivity contribution in [1.29, 1.82) is 0 Å². The van der Waals surface area contributed by atoms with Gasteiger partial charge < -0.3 is 0 Å². The van der Waals surface area contributed by atoms with Crippen LogP contribution < -0.4 is 0 Å². The molecule has 0 N–H and O–H groups in total. The minimum Gasteiger partial charge on any atom is -0.0882 e. The summed E-state index contributed by atoms with van der Waals surface area (Å²) in [5.74, 6) is 0. The predicted octanol–water partition coefficient (Wildman–Crippen LogP) is 4.33. The largest absolute Gasteiger partial charge is 0.0882 e. The fraction of sp³-hybridized carbons (Fsp3) is 0.667. The maximum Gasteiger partial charge on any atom is -0.0170 e. The summed E-state index contributed by atoms with van der Waals surface area (Å²) in [5, 5.41) is 0. The minimum absolute atomic E-state index is 1.22. The normalized spacial score (nSPS) is 11.2. The van der Waals surface area contributed by atoms with Gasteiger partial charge in [0.25, 0.3) is 0 Å². The quantitative estimate of drug-likeness (QED) is 0.471. The van der Waals surface area contributed by atoms with Gasteiger partial charge in [-0.25, -0.2) is 0 Å². The third kappa shape index (κ3) is 9.74. The lowest BCUT2D eigenvalue weighted by atomic mass is 10.1. The van der Waals surface area contributed by atoms with E-state index in [1.54, 1.807) is 0 Å². The number of allylic oxidation sites excluding steroid dienone is 2. The number of hydrogen-bond donors (Lipinski definition) is 0. The molecule has 12 heavy (non-hydrogen) atoms. The number of hydrogen-bond acceptors (Lipinski definition) is 0. The van der Waals surface area contributed by atoms with Crippen LogP contribution in [0, 0.1) is 13.3 Å². The molecule has 2 radical (unpaired) electrons. The number of unbranched alkanes of at least 4 members (excludes halogenated alkanes) is 6. The van der Waals surface area contributed by atoms with E-state index in [1.807, 2.05) is 12.5 Å². The van der Waals surface area contributed by atoms with Crippen molar-refractivity contribution >= 4 is 0 Å².